The summed E-state index contributed by atoms with van der Waals surface area (Å²) in [4.78, 5) is 9.74. The molecule has 1 rings (SSSR count). The molecule has 0 bridgehead atoms. The van der Waals surface area contributed by atoms with Crippen LogP contribution in [0.2, 0.25) is 5.02 Å². The van der Waals surface area contributed by atoms with Crippen LogP contribution in [0.5, 0.6) is 0 Å². The highest BCUT2D eigenvalue weighted by Crippen LogP contribution is 2.29. The molecule has 0 saturated heterocycles. The van der Waals surface area contributed by atoms with Gasteiger partial charge in [-0.2, -0.15) is 4.31 Å². The summed E-state index contributed by atoms with van der Waals surface area (Å²) in [7, 11) is -4.03. The van der Waals surface area contributed by atoms with Gasteiger partial charge in [0.1, 0.15) is 4.90 Å². The van der Waals surface area contributed by atoms with E-state index in [9.17, 15) is 23.6 Å². The maximum atomic E-state index is 12.5. The summed E-state index contributed by atoms with van der Waals surface area (Å²) in [6.45, 7) is 4.51. The highest BCUT2D eigenvalue weighted by Gasteiger charge is 2.31. The molecule has 0 saturated carbocycles. The van der Waals surface area contributed by atoms with Crippen LogP contribution in [0.1, 0.15) is 20.8 Å². The molecular formula is C12H17ClN2O5S. The minimum absolute atomic E-state index is 0.102. The fraction of sp³-hybridized carbons (Fsp3) is 0.500. The standard InChI is InChI=1S/C12H17ClN2O5S/c1-4-14(8-12(2,3)16)21(19,20)11-7-9(15(17)18)5-6-10(11)13/h5-7,16H,4,8H2,1-3H3. The third kappa shape index (κ3) is 4.37. The quantitative estimate of drug-likeness (QED) is 0.632. The molecule has 118 valence electrons. The van der Waals surface area contributed by atoms with Crippen LogP contribution in [-0.4, -0.2) is 41.4 Å². The van der Waals surface area contributed by atoms with E-state index in [1.807, 2.05) is 0 Å². The van der Waals surface area contributed by atoms with Crippen LogP contribution in [0.15, 0.2) is 23.1 Å². The number of rotatable bonds is 6. The van der Waals surface area contributed by atoms with E-state index in [1.165, 1.54) is 19.9 Å². The largest absolute Gasteiger partial charge is 0.389 e. The Labute approximate surface area is 128 Å². The second-order valence-electron chi connectivity index (χ2n) is 5.12. The lowest BCUT2D eigenvalue weighted by atomic mass is 10.1. The number of nitro groups is 1. The number of halogens is 1. The number of hydrogen-bond donors (Lipinski definition) is 1. The van der Waals surface area contributed by atoms with E-state index in [0.717, 1.165) is 16.4 Å². The van der Waals surface area contributed by atoms with Gasteiger partial charge < -0.3 is 5.11 Å². The van der Waals surface area contributed by atoms with Crippen LogP contribution in [0, 0.1) is 10.1 Å². The van der Waals surface area contributed by atoms with E-state index >= 15 is 0 Å². The van der Waals surface area contributed by atoms with Gasteiger partial charge >= 0.3 is 0 Å². The van der Waals surface area contributed by atoms with Gasteiger partial charge in [0.05, 0.1) is 15.5 Å². The molecule has 1 aromatic rings. The molecule has 0 radical (unpaired) electrons. The van der Waals surface area contributed by atoms with Gasteiger partial charge in [-0.3, -0.25) is 10.1 Å². The van der Waals surface area contributed by atoms with E-state index in [1.54, 1.807) is 6.92 Å². The van der Waals surface area contributed by atoms with Crippen LogP contribution in [0.4, 0.5) is 5.69 Å². The van der Waals surface area contributed by atoms with Gasteiger partial charge in [-0.05, 0) is 19.9 Å². The first kappa shape index (κ1) is 17.8. The first-order valence-corrected chi connectivity index (χ1v) is 7.97. The van der Waals surface area contributed by atoms with Crippen molar-refractivity contribution in [2.45, 2.75) is 31.3 Å². The summed E-state index contributed by atoms with van der Waals surface area (Å²) in [5, 5.41) is 20.5. The highest BCUT2D eigenvalue weighted by molar-refractivity contribution is 7.89. The maximum absolute atomic E-state index is 12.5. The molecule has 0 unspecified atom stereocenters. The van der Waals surface area contributed by atoms with Gasteiger partial charge in [0.25, 0.3) is 5.69 Å². The average Bonchev–Trinajstić information content (AvgIpc) is 2.34. The normalized spacial score (nSPS) is 12.7. The van der Waals surface area contributed by atoms with Crippen LogP contribution in [0.25, 0.3) is 0 Å². The van der Waals surface area contributed by atoms with Crippen molar-refractivity contribution in [1.82, 2.24) is 4.31 Å². The van der Waals surface area contributed by atoms with Crippen LogP contribution < -0.4 is 0 Å². The Morgan fingerprint density at radius 1 is 1.43 bits per heavy atom. The molecule has 1 N–H and O–H groups in total. The van der Waals surface area contributed by atoms with Crippen molar-refractivity contribution >= 4 is 27.3 Å². The van der Waals surface area contributed by atoms with Gasteiger partial charge in [0.15, 0.2) is 0 Å². The zero-order valence-corrected chi connectivity index (χ0v) is 13.5. The lowest BCUT2D eigenvalue weighted by Gasteiger charge is -2.27. The minimum Gasteiger partial charge on any atom is -0.389 e. The zero-order chi connectivity index (χ0) is 16.4. The van der Waals surface area contributed by atoms with Crippen LogP contribution in [-0.2, 0) is 10.0 Å². The number of sulfonamides is 1. The molecule has 0 spiro atoms. The molecule has 0 atom stereocenters. The summed E-state index contributed by atoms with van der Waals surface area (Å²) in [5.41, 5.74) is -1.60. The Hall–Kier alpha value is -1.22. The Morgan fingerprint density at radius 3 is 2.43 bits per heavy atom. The molecule has 0 amide bonds. The number of likely N-dealkylation sites (N-methyl/N-ethyl adjacent to an activating group) is 1. The molecule has 0 aliphatic rings. The molecule has 0 aliphatic heterocycles. The first-order chi connectivity index (χ1) is 9.49. The second-order valence-corrected chi connectivity index (χ2v) is 7.43. The molecule has 1 aromatic carbocycles. The van der Waals surface area contributed by atoms with E-state index in [4.69, 9.17) is 11.6 Å². The summed E-state index contributed by atoms with van der Waals surface area (Å²) >= 11 is 5.87. The predicted octanol–water partition coefficient (Wildman–Crippen LogP) is 2.03. The SMILES string of the molecule is CCN(CC(C)(C)O)S(=O)(=O)c1cc([N+](=O)[O-])ccc1Cl. The van der Waals surface area contributed by atoms with Gasteiger partial charge in [-0.25, -0.2) is 8.42 Å². The third-order valence-electron chi connectivity index (χ3n) is 2.66. The van der Waals surface area contributed by atoms with Crippen molar-refractivity contribution < 1.29 is 18.4 Å². The van der Waals surface area contributed by atoms with Crippen LogP contribution in [0.3, 0.4) is 0 Å². The van der Waals surface area contributed by atoms with Crippen molar-refractivity contribution in [1.29, 1.82) is 0 Å². The van der Waals surface area contributed by atoms with E-state index in [0.29, 0.717) is 0 Å². The molecule has 7 nitrogen and oxygen atoms in total. The molecular weight excluding hydrogens is 320 g/mol. The number of hydrogen-bond acceptors (Lipinski definition) is 5. The van der Waals surface area contributed by atoms with E-state index in [2.05, 4.69) is 0 Å². The van der Waals surface area contributed by atoms with Gasteiger partial charge in [-0.1, -0.05) is 18.5 Å². The van der Waals surface area contributed by atoms with Crippen molar-refractivity contribution in [3.8, 4) is 0 Å². The molecule has 0 heterocycles. The first-order valence-electron chi connectivity index (χ1n) is 6.15. The average molecular weight is 337 g/mol. The monoisotopic (exact) mass is 336 g/mol. The Kier molecular flexibility index (Phi) is 5.32. The second kappa shape index (κ2) is 6.27. The summed E-state index contributed by atoms with van der Waals surface area (Å²) in [6, 6.07) is 3.23. The smallest absolute Gasteiger partial charge is 0.270 e. The lowest BCUT2D eigenvalue weighted by Crippen LogP contribution is -2.42. The minimum atomic E-state index is -4.03. The molecule has 21 heavy (non-hydrogen) atoms. The number of nitrogens with zero attached hydrogens (tertiary/aromatic N) is 2. The van der Waals surface area contributed by atoms with Gasteiger partial charge in [0, 0.05) is 25.2 Å². The molecule has 0 aliphatic carbocycles. The lowest BCUT2D eigenvalue weighted by molar-refractivity contribution is -0.385. The number of nitro benzene ring substituents is 1. The predicted molar refractivity (Wildman–Crippen MR) is 78.8 cm³/mol. The zero-order valence-electron chi connectivity index (χ0n) is 11.9. The Bertz CT molecular complexity index is 640. The third-order valence-corrected chi connectivity index (χ3v) is 5.06. The summed E-state index contributed by atoms with van der Waals surface area (Å²) in [6.07, 6.45) is 0. The fourth-order valence-electron chi connectivity index (χ4n) is 1.74. The number of benzene rings is 1. The molecule has 0 fully saturated rings. The molecule has 0 aromatic heterocycles. The number of aliphatic hydroxyl groups is 1. The summed E-state index contributed by atoms with van der Waals surface area (Å²) < 4.78 is 26.1. The van der Waals surface area contributed by atoms with E-state index in [-0.39, 0.29) is 28.7 Å². The highest BCUT2D eigenvalue weighted by atomic mass is 35.5. The van der Waals surface area contributed by atoms with Crippen molar-refractivity contribution in [2.24, 2.45) is 0 Å². The van der Waals surface area contributed by atoms with Crippen molar-refractivity contribution in [3.05, 3.63) is 33.3 Å². The maximum Gasteiger partial charge on any atom is 0.270 e. The molecule has 9 heteroatoms. The van der Waals surface area contributed by atoms with Crippen LogP contribution >= 0.6 is 11.6 Å². The topological polar surface area (TPSA) is 101 Å². The van der Waals surface area contributed by atoms with Crippen molar-refractivity contribution in [2.75, 3.05) is 13.1 Å². The van der Waals surface area contributed by atoms with Crippen molar-refractivity contribution in [3.63, 3.8) is 0 Å². The van der Waals surface area contributed by atoms with Gasteiger partial charge in [-0.15, -0.1) is 0 Å². The Balaban J connectivity index is 3.35. The van der Waals surface area contributed by atoms with Gasteiger partial charge in [0.2, 0.25) is 10.0 Å². The number of non-ortho nitro benzene ring substituents is 1. The van der Waals surface area contributed by atoms with E-state index < -0.39 is 20.5 Å². The Morgan fingerprint density at radius 2 is 2.00 bits per heavy atom. The fourth-order valence-corrected chi connectivity index (χ4v) is 3.84. The summed E-state index contributed by atoms with van der Waals surface area (Å²) in [5.74, 6) is 0.